The Morgan fingerprint density at radius 3 is 2.68 bits per heavy atom. The molecule has 7 heteroatoms. The van der Waals surface area contributed by atoms with Gasteiger partial charge in [-0.2, -0.15) is 13.2 Å². The molecular formula is C18H19F3N2O2. The third-order valence-corrected chi connectivity index (χ3v) is 4.28. The molecule has 1 aromatic carbocycles. The molecule has 2 aromatic rings. The first-order valence-electron chi connectivity index (χ1n) is 8.10. The van der Waals surface area contributed by atoms with Crippen LogP contribution in [0.4, 0.5) is 18.9 Å². The maximum Gasteiger partial charge on any atom is 0.421 e. The van der Waals surface area contributed by atoms with Gasteiger partial charge in [-0.25, -0.2) is 4.98 Å². The van der Waals surface area contributed by atoms with Crippen LogP contribution in [0.5, 0.6) is 5.88 Å². The summed E-state index contributed by atoms with van der Waals surface area (Å²) in [7, 11) is 0. The molecule has 1 atom stereocenters. The Hall–Kier alpha value is -2.28. The number of aliphatic hydroxyl groups is 1. The number of nitrogens with zero attached hydrogens (tertiary/aromatic N) is 2. The lowest BCUT2D eigenvalue weighted by Gasteiger charge is -2.26. The Labute approximate surface area is 143 Å². The first kappa shape index (κ1) is 17.5. The lowest BCUT2D eigenvalue weighted by molar-refractivity contribution is -0.139. The standard InChI is InChI=1S/C18H19F3N2O2/c19-18(20,21)16-9-15(23-8-4-7-14(23)11-24)10-22-17(16)25-12-13-5-2-1-3-6-13/h1-3,5-6,9-10,14,24H,4,7-8,11-12H2/t14-/m0/s1. The summed E-state index contributed by atoms with van der Waals surface area (Å²) in [4.78, 5) is 5.68. The number of halogens is 3. The van der Waals surface area contributed by atoms with Gasteiger partial charge in [0.25, 0.3) is 0 Å². The van der Waals surface area contributed by atoms with E-state index in [0.717, 1.165) is 24.5 Å². The molecule has 4 nitrogen and oxygen atoms in total. The number of benzene rings is 1. The van der Waals surface area contributed by atoms with Crippen molar-refractivity contribution in [3.8, 4) is 5.88 Å². The molecule has 0 aliphatic carbocycles. The minimum Gasteiger partial charge on any atom is -0.472 e. The molecule has 3 rings (SSSR count). The second-order valence-electron chi connectivity index (χ2n) is 5.99. The molecule has 1 saturated heterocycles. The van der Waals surface area contributed by atoms with E-state index in [2.05, 4.69) is 4.98 Å². The van der Waals surface area contributed by atoms with Gasteiger partial charge in [0.15, 0.2) is 0 Å². The number of hydrogen-bond acceptors (Lipinski definition) is 4. The molecule has 0 spiro atoms. The van der Waals surface area contributed by atoms with Gasteiger partial charge in [0.05, 0.1) is 24.5 Å². The smallest absolute Gasteiger partial charge is 0.421 e. The highest BCUT2D eigenvalue weighted by Crippen LogP contribution is 2.38. The molecule has 134 valence electrons. The summed E-state index contributed by atoms with van der Waals surface area (Å²) in [5, 5.41) is 9.38. The van der Waals surface area contributed by atoms with E-state index in [9.17, 15) is 18.3 Å². The summed E-state index contributed by atoms with van der Waals surface area (Å²) in [6.45, 7) is 0.529. The van der Waals surface area contributed by atoms with Gasteiger partial charge in [-0.15, -0.1) is 0 Å². The van der Waals surface area contributed by atoms with Crippen LogP contribution in [0.1, 0.15) is 24.0 Å². The number of rotatable bonds is 5. The van der Waals surface area contributed by atoms with Crippen molar-refractivity contribution in [2.24, 2.45) is 0 Å². The first-order valence-corrected chi connectivity index (χ1v) is 8.10. The van der Waals surface area contributed by atoms with Crippen molar-refractivity contribution in [2.75, 3.05) is 18.1 Å². The van der Waals surface area contributed by atoms with Crippen molar-refractivity contribution >= 4 is 5.69 Å². The predicted molar refractivity (Wildman–Crippen MR) is 87.5 cm³/mol. The zero-order valence-electron chi connectivity index (χ0n) is 13.5. The van der Waals surface area contributed by atoms with Gasteiger partial charge in [-0.1, -0.05) is 30.3 Å². The summed E-state index contributed by atoms with van der Waals surface area (Å²) >= 11 is 0. The zero-order valence-corrected chi connectivity index (χ0v) is 13.5. The van der Waals surface area contributed by atoms with Gasteiger partial charge in [-0.05, 0) is 24.5 Å². The lowest BCUT2D eigenvalue weighted by atomic mass is 10.2. The minimum absolute atomic E-state index is 0.0131. The van der Waals surface area contributed by atoms with E-state index in [4.69, 9.17) is 4.74 Å². The van der Waals surface area contributed by atoms with Crippen molar-refractivity contribution in [2.45, 2.75) is 31.7 Å². The largest absolute Gasteiger partial charge is 0.472 e. The highest BCUT2D eigenvalue weighted by Gasteiger charge is 2.37. The quantitative estimate of drug-likeness (QED) is 0.892. The molecule has 25 heavy (non-hydrogen) atoms. The number of aromatic nitrogens is 1. The molecule has 2 heterocycles. The van der Waals surface area contributed by atoms with Crippen LogP contribution < -0.4 is 9.64 Å². The summed E-state index contributed by atoms with van der Waals surface area (Å²) in [5.74, 6) is -0.431. The third-order valence-electron chi connectivity index (χ3n) is 4.28. The fourth-order valence-electron chi connectivity index (χ4n) is 3.01. The van der Waals surface area contributed by atoms with Crippen molar-refractivity contribution in [1.29, 1.82) is 0 Å². The van der Waals surface area contributed by atoms with E-state index in [1.165, 1.54) is 6.20 Å². The first-order chi connectivity index (χ1) is 12.0. The number of aliphatic hydroxyl groups excluding tert-OH is 1. The van der Waals surface area contributed by atoms with Crippen LogP contribution in [0.15, 0.2) is 42.6 Å². The second kappa shape index (κ2) is 7.31. The molecule has 1 aliphatic heterocycles. The average Bonchev–Trinajstić information content (AvgIpc) is 3.08. The SMILES string of the molecule is OC[C@@H]1CCCN1c1cnc(OCc2ccccc2)c(C(F)(F)F)c1. The van der Waals surface area contributed by atoms with Gasteiger partial charge in [0.2, 0.25) is 5.88 Å². The molecule has 0 amide bonds. The fraction of sp³-hybridized carbons (Fsp3) is 0.389. The van der Waals surface area contributed by atoms with E-state index in [-0.39, 0.29) is 19.3 Å². The molecule has 0 unspecified atom stereocenters. The Morgan fingerprint density at radius 2 is 2.00 bits per heavy atom. The van der Waals surface area contributed by atoms with Crippen LogP contribution in [0, 0.1) is 0 Å². The molecule has 1 N–H and O–H groups in total. The zero-order chi connectivity index (χ0) is 17.9. The number of pyridine rings is 1. The fourth-order valence-corrected chi connectivity index (χ4v) is 3.01. The highest BCUT2D eigenvalue weighted by atomic mass is 19.4. The molecular weight excluding hydrogens is 333 g/mol. The summed E-state index contributed by atoms with van der Waals surface area (Å²) in [6, 6.07) is 9.85. The third kappa shape index (κ3) is 4.04. The van der Waals surface area contributed by atoms with Gasteiger partial charge in [0, 0.05) is 6.54 Å². The van der Waals surface area contributed by atoms with Crippen LogP contribution in [0.3, 0.4) is 0 Å². The monoisotopic (exact) mass is 352 g/mol. The molecule has 1 aliphatic rings. The molecule has 0 radical (unpaired) electrons. The minimum atomic E-state index is -4.57. The van der Waals surface area contributed by atoms with Crippen LogP contribution >= 0.6 is 0 Å². The van der Waals surface area contributed by atoms with Crippen molar-refractivity contribution in [3.05, 3.63) is 53.7 Å². The van der Waals surface area contributed by atoms with E-state index in [1.54, 1.807) is 29.2 Å². The Kier molecular flexibility index (Phi) is 5.13. The summed E-state index contributed by atoms with van der Waals surface area (Å²) < 4.78 is 45.6. The van der Waals surface area contributed by atoms with Gasteiger partial charge < -0.3 is 14.7 Å². The van der Waals surface area contributed by atoms with Crippen molar-refractivity contribution < 1.29 is 23.0 Å². The van der Waals surface area contributed by atoms with Gasteiger partial charge in [0.1, 0.15) is 12.2 Å². The summed E-state index contributed by atoms with van der Waals surface area (Å²) in [6.07, 6.45) is -1.60. The topological polar surface area (TPSA) is 45.6 Å². The Balaban J connectivity index is 1.85. The van der Waals surface area contributed by atoms with Gasteiger partial charge >= 0.3 is 6.18 Å². The second-order valence-corrected chi connectivity index (χ2v) is 5.99. The number of alkyl halides is 3. The molecule has 0 saturated carbocycles. The maximum absolute atomic E-state index is 13.4. The maximum atomic E-state index is 13.4. The van der Waals surface area contributed by atoms with Crippen molar-refractivity contribution in [1.82, 2.24) is 4.98 Å². The van der Waals surface area contributed by atoms with E-state index in [0.29, 0.717) is 12.2 Å². The molecule has 1 aromatic heterocycles. The Morgan fingerprint density at radius 1 is 1.24 bits per heavy atom. The lowest BCUT2D eigenvalue weighted by Crippen LogP contribution is -2.32. The van der Waals surface area contributed by atoms with Crippen LogP contribution in [-0.2, 0) is 12.8 Å². The van der Waals surface area contributed by atoms with E-state index < -0.39 is 17.6 Å². The molecule has 1 fully saturated rings. The van der Waals surface area contributed by atoms with Gasteiger partial charge in [-0.3, -0.25) is 0 Å². The number of hydrogen-bond donors (Lipinski definition) is 1. The van der Waals surface area contributed by atoms with Crippen LogP contribution in [-0.4, -0.2) is 29.3 Å². The summed E-state index contributed by atoms with van der Waals surface area (Å²) in [5.41, 5.74) is 0.224. The van der Waals surface area contributed by atoms with E-state index in [1.807, 2.05) is 6.07 Å². The Bertz CT molecular complexity index is 707. The number of ether oxygens (including phenoxy) is 1. The molecule has 0 bridgehead atoms. The average molecular weight is 352 g/mol. The highest BCUT2D eigenvalue weighted by molar-refractivity contribution is 5.51. The van der Waals surface area contributed by atoms with Crippen LogP contribution in [0.2, 0.25) is 0 Å². The number of anilines is 1. The predicted octanol–water partition coefficient (Wildman–Crippen LogP) is 3.64. The van der Waals surface area contributed by atoms with Crippen LogP contribution in [0.25, 0.3) is 0 Å². The van der Waals surface area contributed by atoms with Crippen molar-refractivity contribution in [3.63, 3.8) is 0 Å². The normalized spacial score (nSPS) is 17.8. The van der Waals surface area contributed by atoms with E-state index >= 15 is 0 Å².